The SMILES string of the molecule is COCC(O)COc1ccc(OCC[S+](C)C)cc1. The van der Waals surface area contributed by atoms with Crippen LogP contribution in [0.1, 0.15) is 0 Å². The van der Waals surface area contributed by atoms with Gasteiger partial charge in [-0.1, -0.05) is 0 Å². The first-order chi connectivity index (χ1) is 9.11. The summed E-state index contributed by atoms with van der Waals surface area (Å²) in [7, 11) is 1.96. The van der Waals surface area contributed by atoms with Gasteiger partial charge in [-0.05, 0) is 35.2 Å². The van der Waals surface area contributed by atoms with E-state index in [1.54, 1.807) is 7.11 Å². The van der Waals surface area contributed by atoms with Crippen molar-refractivity contribution < 1.29 is 19.3 Å². The Kier molecular flexibility index (Phi) is 7.70. The highest BCUT2D eigenvalue weighted by atomic mass is 32.2. The predicted molar refractivity (Wildman–Crippen MR) is 79.4 cm³/mol. The molecule has 0 bridgehead atoms. The second kappa shape index (κ2) is 9.07. The molecular formula is C14H23O4S+. The van der Waals surface area contributed by atoms with E-state index in [9.17, 15) is 5.11 Å². The smallest absolute Gasteiger partial charge is 0.141 e. The lowest BCUT2D eigenvalue weighted by molar-refractivity contribution is 0.0325. The van der Waals surface area contributed by atoms with E-state index in [1.165, 1.54) is 0 Å². The molecule has 19 heavy (non-hydrogen) atoms. The van der Waals surface area contributed by atoms with Gasteiger partial charge in [0.25, 0.3) is 0 Å². The molecule has 4 nitrogen and oxygen atoms in total. The average Bonchev–Trinajstić information content (AvgIpc) is 2.38. The summed E-state index contributed by atoms with van der Waals surface area (Å²) in [5, 5.41) is 9.46. The van der Waals surface area contributed by atoms with Crippen LogP contribution in [0, 0.1) is 0 Å². The van der Waals surface area contributed by atoms with E-state index in [2.05, 4.69) is 12.5 Å². The van der Waals surface area contributed by atoms with E-state index >= 15 is 0 Å². The Balaban J connectivity index is 2.30. The summed E-state index contributed by atoms with van der Waals surface area (Å²) in [6.07, 6.45) is 3.80. The molecule has 1 rings (SSSR count). The molecule has 1 aromatic rings. The van der Waals surface area contributed by atoms with Gasteiger partial charge in [-0.3, -0.25) is 0 Å². The summed E-state index contributed by atoms with van der Waals surface area (Å²) in [5.74, 6) is 2.63. The van der Waals surface area contributed by atoms with Crippen molar-refractivity contribution >= 4 is 10.9 Å². The summed E-state index contributed by atoms with van der Waals surface area (Å²) in [4.78, 5) is 0. The molecule has 1 N–H and O–H groups in total. The molecule has 0 aliphatic heterocycles. The summed E-state index contributed by atoms with van der Waals surface area (Å²) < 4.78 is 15.9. The van der Waals surface area contributed by atoms with Gasteiger partial charge < -0.3 is 19.3 Å². The van der Waals surface area contributed by atoms with Crippen molar-refractivity contribution in [3.05, 3.63) is 24.3 Å². The second-order valence-corrected chi connectivity index (χ2v) is 6.81. The van der Waals surface area contributed by atoms with Crippen LogP contribution in [0.2, 0.25) is 0 Å². The maximum atomic E-state index is 9.46. The first-order valence-corrected chi connectivity index (χ1v) is 8.39. The van der Waals surface area contributed by atoms with Gasteiger partial charge in [-0.25, -0.2) is 0 Å². The van der Waals surface area contributed by atoms with Gasteiger partial charge in [-0.15, -0.1) is 0 Å². The van der Waals surface area contributed by atoms with E-state index in [-0.39, 0.29) is 13.2 Å². The molecule has 0 aromatic heterocycles. The Hall–Kier alpha value is -0.910. The van der Waals surface area contributed by atoms with Gasteiger partial charge in [0.05, 0.1) is 19.1 Å². The van der Waals surface area contributed by atoms with Crippen LogP contribution in [0.25, 0.3) is 0 Å². The maximum Gasteiger partial charge on any atom is 0.141 e. The molecular weight excluding hydrogens is 264 g/mol. The third kappa shape index (κ3) is 7.30. The van der Waals surface area contributed by atoms with Crippen molar-refractivity contribution in [2.45, 2.75) is 6.10 Å². The summed E-state index contributed by atoms with van der Waals surface area (Å²) in [5.41, 5.74) is 0. The number of hydrogen-bond acceptors (Lipinski definition) is 4. The van der Waals surface area contributed by atoms with Crippen molar-refractivity contribution in [1.29, 1.82) is 0 Å². The molecule has 0 saturated carbocycles. The molecule has 0 aliphatic rings. The first kappa shape index (κ1) is 16.1. The zero-order chi connectivity index (χ0) is 14.1. The predicted octanol–water partition coefficient (Wildman–Crippen LogP) is 1.33. The Morgan fingerprint density at radius 2 is 1.63 bits per heavy atom. The normalized spacial score (nSPS) is 12.5. The number of ether oxygens (including phenoxy) is 3. The Morgan fingerprint density at radius 1 is 1.05 bits per heavy atom. The Morgan fingerprint density at radius 3 is 2.16 bits per heavy atom. The van der Waals surface area contributed by atoms with E-state index < -0.39 is 6.10 Å². The number of aliphatic hydroxyl groups excluding tert-OH is 1. The minimum atomic E-state index is -0.604. The fourth-order valence-corrected chi connectivity index (χ4v) is 1.81. The monoisotopic (exact) mass is 287 g/mol. The van der Waals surface area contributed by atoms with E-state index in [1.807, 2.05) is 24.3 Å². The zero-order valence-electron chi connectivity index (χ0n) is 11.8. The van der Waals surface area contributed by atoms with Crippen LogP contribution in [-0.4, -0.2) is 56.4 Å². The van der Waals surface area contributed by atoms with Crippen LogP contribution in [0.4, 0.5) is 0 Å². The molecule has 1 aromatic carbocycles. The van der Waals surface area contributed by atoms with Crippen LogP contribution in [0.5, 0.6) is 11.5 Å². The van der Waals surface area contributed by atoms with Crippen LogP contribution < -0.4 is 9.47 Å². The van der Waals surface area contributed by atoms with Crippen molar-refractivity contribution in [3.8, 4) is 11.5 Å². The average molecular weight is 287 g/mol. The number of rotatable bonds is 9. The summed E-state index contributed by atoms with van der Waals surface area (Å²) >= 11 is 0. The van der Waals surface area contributed by atoms with Crippen LogP contribution in [-0.2, 0) is 15.6 Å². The lowest BCUT2D eigenvalue weighted by Crippen LogP contribution is -2.22. The molecule has 0 fully saturated rings. The van der Waals surface area contributed by atoms with Crippen molar-refractivity contribution in [3.63, 3.8) is 0 Å². The van der Waals surface area contributed by atoms with Gasteiger partial charge in [0.15, 0.2) is 0 Å². The van der Waals surface area contributed by atoms with Gasteiger partial charge in [0.2, 0.25) is 0 Å². The zero-order valence-corrected chi connectivity index (χ0v) is 12.6. The summed E-state index contributed by atoms with van der Waals surface area (Å²) in [6.45, 7) is 1.24. The van der Waals surface area contributed by atoms with Gasteiger partial charge in [-0.2, -0.15) is 0 Å². The Bertz CT molecular complexity index is 340. The van der Waals surface area contributed by atoms with Gasteiger partial charge >= 0.3 is 0 Å². The molecule has 0 amide bonds. The standard InChI is InChI=1S/C14H23O4S/c1-16-10-12(15)11-18-14-6-4-13(5-7-14)17-8-9-19(2)3/h4-7,12,15H,8-11H2,1-3H3/q+1. The minimum absolute atomic E-state index is 0.225. The molecule has 0 heterocycles. The minimum Gasteiger partial charge on any atom is -0.491 e. The molecule has 0 radical (unpaired) electrons. The third-order valence-corrected chi connectivity index (χ3v) is 3.37. The highest BCUT2D eigenvalue weighted by Gasteiger charge is 2.05. The molecule has 108 valence electrons. The van der Waals surface area contributed by atoms with Gasteiger partial charge in [0.1, 0.15) is 36.6 Å². The third-order valence-electron chi connectivity index (χ3n) is 2.39. The number of hydrogen-bond donors (Lipinski definition) is 1. The topological polar surface area (TPSA) is 47.9 Å². The molecule has 1 unspecified atom stereocenters. The van der Waals surface area contributed by atoms with E-state index in [0.29, 0.717) is 16.6 Å². The molecule has 0 spiro atoms. The lowest BCUT2D eigenvalue weighted by atomic mass is 10.3. The number of aliphatic hydroxyl groups is 1. The van der Waals surface area contributed by atoms with Crippen molar-refractivity contribution in [2.75, 3.05) is 45.2 Å². The van der Waals surface area contributed by atoms with Crippen LogP contribution in [0.3, 0.4) is 0 Å². The summed E-state index contributed by atoms with van der Waals surface area (Å²) in [6, 6.07) is 7.43. The van der Waals surface area contributed by atoms with E-state index in [4.69, 9.17) is 14.2 Å². The first-order valence-electron chi connectivity index (χ1n) is 6.18. The molecule has 0 saturated heterocycles. The second-order valence-electron chi connectivity index (χ2n) is 4.43. The highest BCUT2D eigenvalue weighted by Crippen LogP contribution is 2.17. The molecule has 5 heteroatoms. The highest BCUT2D eigenvalue weighted by molar-refractivity contribution is 7.95. The van der Waals surface area contributed by atoms with Crippen molar-refractivity contribution in [1.82, 2.24) is 0 Å². The Labute approximate surface area is 118 Å². The van der Waals surface area contributed by atoms with Crippen LogP contribution >= 0.6 is 0 Å². The lowest BCUT2D eigenvalue weighted by Gasteiger charge is -2.11. The maximum absolute atomic E-state index is 9.46. The molecule has 1 atom stereocenters. The fraction of sp³-hybridized carbons (Fsp3) is 0.571. The van der Waals surface area contributed by atoms with Crippen molar-refractivity contribution in [2.24, 2.45) is 0 Å². The van der Waals surface area contributed by atoms with Crippen LogP contribution in [0.15, 0.2) is 24.3 Å². The quantitative estimate of drug-likeness (QED) is 0.696. The fourth-order valence-electron chi connectivity index (χ4n) is 1.39. The molecule has 0 aliphatic carbocycles. The number of methoxy groups -OCH3 is 1. The largest absolute Gasteiger partial charge is 0.491 e. The van der Waals surface area contributed by atoms with E-state index in [0.717, 1.165) is 18.1 Å². The van der Waals surface area contributed by atoms with Gasteiger partial charge in [0, 0.05) is 7.11 Å². The number of benzene rings is 1.